The Labute approximate surface area is 155 Å². The molecule has 26 heavy (non-hydrogen) atoms. The standard InChI is InChI=1S/C20H30N4O2/c1-15(25)22-18-6-4-9-21-20(18)24-10-3-2-5-16-13-23(14-19(16)24)17-7-11-26-12-8-17/h4,6,9,16-17,19H,2-3,5,7-8,10-14H2,1H3,(H,22,25)/t16-,19+/m1/s1. The third-order valence-electron chi connectivity index (χ3n) is 6.14. The Hall–Kier alpha value is -1.66. The van der Waals surface area contributed by atoms with E-state index in [-0.39, 0.29) is 5.91 Å². The molecule has 0 bridgehead atoms. The van der Waals surface area contributed by atoms with Gasteiger partial charge in [-0.1, -0.05) is 6.42 Å². The SMILES string of the molecule is CC(=O)Nc1cccnc1N1CCCC[C@@H]2CN(C3CCOCC3)C[C@@H]21. The van der Waals surface area contributed by atoms with Crippen LogP contribution in [0.1, 0.15) is 39.0 Å². The van der Waals surface area contributed by atoms with Crippen molar-refractivity contribution in [1.82, 2.24) is 9.88 Å². The first-order chi connectivity index (χ1) is 12.7. The normalized spacial score (nSPS) is 27.8. The summed E-state index contributed by atoms with van der Waals surface area (Å²) in [5, 5.41) is 2.97. The molecule has 3 aliphatic heterocycles. The molecule has 0 aromatic carbocycles. The first-order valence-corrected chi connectivity index (χ1v) is 10.0. The van der Waals surface area contributed by atoms with Crippen molar-refractivity contribution in [3.05, 3.63) is 18.3 Å². The average molecular weight is 358 g/mol. The fraction of sp³-hybridized carbons (Fsp3) is 0.700. The molecule has 4 rings (SSSR count). The first kappa shape index (κ1) is 17.7. The number of hydrogen-bond donors (Lipinski definition) is 1. The van der Waals surface area contributed by atoms with Gasteiger partial charge in [-0.2, -0.15) is 0 Å². The molecule has 4 heterocycles. The molecule has 6 heteroatoms. The lowest BCUT2D eigenvalue weighted by molar-refractivity contribution is -0.114. The fourth-order valence-corrected chi connectivity index (χ4v) is 4.90. The van der Waals surface area contributed by atoms with Crippen molar-refractivity contribution in [1.29, 1.82) is 0 Å². The van der Waals surface area contributed by atoms with E-state index in [1.54, 1.807) is 6.92 Å². The minimum absolute atomic E-state index is 0.0409. The monoisotopic (exact) mass is 358 g/mol. The van der Waals surface area contributed by atoms with E-state index in [9.17, 15) is 4.79 Å². The second kappa shape index (κ2) is 7.92. The van der Waals surface area contributed by atoms with Gasteiger partial charge in [0.25, 0.3) is 0 Å². The second-order valence-corrected chi connectivity index (χ2v) is 7.87. The van der Waals surface area contributed by atoms with E-state index in [4.69, 9.17) is 4.74 Å². The van der Waals surface area contributed by atoms with Crippen molar-refractivity contribution in [2.45, 2.75) is 51.1 Å². The Bertz CT molecular complexity index is 632. The average Bonchev–Trinajstić information content (AvgIpc) is 2.97. The summed E-state index contributed by atoms with van der Waals surface area (Å²) in [6.07, 6.45) is 7.91. The zero-order valence-corrected chi connectivity index (χ0v) is 15.7. The molecule has 1 aromatic rings. The number of aromatic nitrogens is 1. The lowest BCUT2D eigenvalue weighted by Crippen LogP contribution is -2.43. The van der Waals surface area contributed by atoms with Crippen LogP contribution in [0.3, 0.4) is 0 Å². The maximum Gasteiger partial charge on any atom is 0.221 e. The highest BCUT2D eigenvalue weighted by molar-refractivity contribution is 5.92. The van der Waals surface area contributed by atoms with Crippen molar-refractivity contribution in [3.63, 3.8) is 0 Å². The number of amides is 1. The number of nitrogens with one attached hydrogen (secondary N) is 1. The van der Waals surface area contributed by atoms with E-state index < -0.39 is 0 Å². The van der Waals surface area contributed by atoms with Crippen LogP contribution in [0.15, 0.2) is 18.3 Å². The van der Waals surface area contributed by atoms with E-state index in [1.807, 2.05) is 18.3 Å². The Morgan fingerprint density at radius 1 is 1.23 bits per heavy atom. The van der Waals surface area contributed by atoms with E-state index >= 15 is 0 Å². The van der Waals surface area contributed by atoms with Gasteiger partial charge in [-0.25, -0.2) is 4.98 Å². The van der Waals surface area contributed by atoms with Crippen molar-refractivity contribution in [2.24, 2.45) is 5.92 Å². The molecule has 0 aliphatic carbocycles. The minimum atomic E-state index is -0.0409. The molecule has 142 valence electrons. The van der Waals surface area contributed by atoms with E-state index in [0.717, 1.165) is 50.7 Å². The number of nitrogens with zero attached hydrogens (tertiary/aromatic N) is 3. The number of likely N-dealkylation sites (tertiary alicyclic amines) is 1. The van der Waals surface area contributed by atoms with Crippen LogP contribution >= 0.6 is 0 Å². The summed E-state index contributed by atoms with van der Waals surface area (Å²) in [4.78, 5) is 21.5. The topological polar surface area (TPSA) is 57.7 Å². The second-order valence-electron chi connectivity index (χ2n) is 7.87. The van der Waals surface area contributed by atoms with Crippen LogP contribution in [-0.2, 0) is 9.53 Å². The Morgan fingerprint density at radius 3 is 2.88 bits per heavy atom. The van der Waals surface area contributed by atoms with Crippen molar-refractivity contribution >= 4 is 17.4 Å². The molecule has 0 radical (unpaired) electrons. The molecule has 0 unspecified atom stereocenters. The van der Waals surface area contributed by atoms with Crippen LogP contribution in [0.2, 0.25) is 0 Å². The van der Waals surface area contributed by atoms with E-state index in [1.165, 1.54) is 25.8 Å². The van der Waals surface area contributed by atoms with Gasteiger partial charge in [-0.3, -0.25) is 9.69 Å². The fourth-order valence-electron chi connectivity index (χ4n) is 4.90. The molecule has 1 aromatic heterocycles. The molecule has 1 N–H and O–H groups in total. The minimum Gasteiger partial charge on any atom is -0.381 e. The molecule has 0 saturated carbocycles. The number of rotatable bonds is 3. The molecule has 3 aliphatic rings. The van der Waals surface area contributed by atoms with Gasteiger partial charge in [-0.15, -0.1) is 0 Å². The van der Waals surface area contributed by atoms with E-state index in [2.05, 4.69) is 20.1 Å². The summed E-state index contributed by atoms with van der Waals surface area (Å²) in [6, 6.07) is 5.01. The summed E-state index contributed by atoms with van der Waals surface area (Å²) in [5.74, 6) is 1.59. The third kappa shape index (κ3) is 3.71. The molecule has 1 amide bonds. The van der Waals surface area contributed by atoms with Gasteiger partial charge in [0.1, 0.15) is 0 Å². The lowest BCUT2D eigenvalue weighted by atomic mass is 9.98. The van der Waals surface area contributed by atoms with Crippen LogP contribution < -0.4 is 10.2 Å². The zero-order valence-electron chi connectivity index (χ0n) is 15.7. The number of pyridine rings is 1. The van der Waals surface area contributed by atoms with Gasteiger partial charge in [-0.05, 0) is 43.7 Å². The maximum atomic E-state index is 11.6. The molecule has 0 spiro atoms. The van der Waals surface area contributed by atoms with Crippen molar-refractivity contribution in [2.75, 3.05) is 43.1 Å². The molecule has 6 nitrogen and oxygen atoms in total. The Kier molecular flexibility index (Phi) is 5.41. The molecular formula is C20H30N4O2. The van der Waals surface area contributed by atoms with Gasteiger partial charge in [0.15, 0.2) is 5.82 Å². The molecule has 3 fully saturated rings. The lowest BCUT2D eigenvalue weighted by Gasteiger charge is -2.34. The number of carbonyl (C=O) groups excluding carboxylic acids is 1. The van der Waals surface area contributed by atoms with Gasteiger partial charge in [0.2, 0.25) is 5.91 Å². The molecular weight excluding hydrogens is 328 g/mol. The third-order valence-corrected chi connectivity index (χ3v) is 6.14. The number of ether oxygens (including phenoxy) is 1. The summed E-state index contributed by atoms with van der Waals surface area (Å²) >= 11 is 0. The number of fused-ring (bicyclic) bond motifs is 1. The maximum absolute atomic E-state index is 11.6. The first-order valence-electron chi connectivity index (χ1n) is 10.0. The molecule has 3 saturated heterocycles. The number of anilines is 2. The van der Waals surface area contributed by atoms with Crippen LogP contribution in [0.25, 0.3) is 0 Å². The van der Waals surface area contributed by atoms with Crippen molar-refractivity contribution < 1.29 is 9.53 Å². The van der Waals surface area contributed by atoms with Crippen LogP contribution in [0.4, 0.5) is 11.5 Å². The largest absolute Gasteiger partial charge is 0.381 e. The summed E-state index contributed by atoms with van der Waals surface area (Å²) in [7, 11) is 0. The highest BCUT2D eigenvalue weighted by atomic mass is 16.5. The summed E-state index contributed by atoms with van der Waals surface area (Å²) in [6.45, 7) is 6.66. The predicted molar refractivity (Wildman–Crippen MR) is 102 cm³/mol. The van der Waals surface area contributed by atoms with Crippen LogP contribution in [-0.4, -0.2) is 60.7 Å². The van der Waals surface area contributed by atoms with Crippen LogP contribution in [0, 0.1) is 5.92 Å². The van der Waals surface area contributed by atoms with Gasteiger partial charge in [0.05, 0.1) is 5.69 Å². The quantitative estimate of drug-likeness (QED) is 0.900. The zero-order chi connectivity index (χ0) is 17.9. The highest BCUT2D eigenvalue weighted by Crippen LogP contribution is 2.36. The van der Waals surface area contributed by atoms with Gasteiger partial charge < -0.3 is 15.0 Å². The highest BCUT2D eigenvalue weighted by Gasteiger charge is 2.41. The number of hydrogen-bond acceptors (Lipinski definition) is 5. The van der Waals surface area contributed by atoms with Gasteiger partial charge in [0, 0.05) is 58.1 Å². The number of carbonyl (C=O) groups is 1. The smallest absolute Gasteiger partial charge is 0.221 e. The Balaban J connectivity index is 1.57. The summed E-state index contributed by atoms with van der Waals surface area (Å²) in [5.41, 5.74) is 0.838. The summed E-state index contributed by atoms with van der Waals surface area (Å²) < 4.78 is 5.55. The van der Waals surface area contributed by atoms with Crippen molar-refractivity contribution in [3.8, 4) is 0 Å². The van der Waals surface area contributed by atoms with Gasteiger partial charge >= 0.3 is 0 Å². The Morgan fingerprint density at radius 2 is 2.08 bits per heavy atom. The predicted octanol–water partition coefficient (Wildman–Crippen LogP) is 2.51. The molecule has 2 atom stereocenters. The van der Waals surface area contributed by atoms with Crippen LogP contribution in [0.5, 0.6) is 0 Å². The van der Waals surface area contributed by atoms with E-state index in [0.29, 0.717) is 18.0 Å².